The van der Waals surface area contributed by atoms with E-state index in [4.69, 9.17) is 9.72 Å². The smallest absolute Gasteiger partial charge is 0.157 e. The Kier molecular flexibility index (Phi) is 5.83. The van der Waals surface area contributed by atoms with E-state index in [2.05, 4.69) is 36.1 Å². The molecule has 5 nitrogen and oxygen atoms in total. The van der Waals surface area contributed by atoms with Gasteiger partial charge in [-0.3, -0.25) is 0 Å². The van der Waals surface area contributed by atoms with Crippen LogP contribution in [0, 0.1) is 0 Å². The molecule has 0 radical (unpaired) electrons. The minimum Gasteiger partial charge on any atom is -0.362 e. The first-order valence-electron chi connectivity index (χ1n) is 8.77. The number of hydrogen-bond donors (Lipinski definition) is 1. The number of nitrogens with one attached hydrogen (secondary N) is 1. The first kappa shape index (κ1) is 17.8. The molecule has 1 N–H and O–H groups in total. The van der Waals surface area contributed by atoms with Crippen molar-refractivity contribution in [2.24, 2.45) is 0 Å². The fourth-order valence-corrected chi connectivity index (χ4v) is 4.70. The van der Waals surface area contributed by atoms with Crippen LogP contribution in [0.25, 0.3) is 5.65 Å². The maximum absolute atomic E-state index is 5.78. The highest BCUT2D eigenvalue weighted by atomic mass is 32.2. The Balaban J connectivity index is 1.66. The van der Waals surface area contributed by atoms with Crippen LogP contribution in [0.5, 0.6) is 0 Å². The van der Waals surface area contributed by atoms with Gasteiger partial charge >= 0.3 is 0 Å². The highest BCUT2D eigenvalue weighted by molar-refractivity contribution is 7.99. The molecule has 1 saturated heterocycles. The third kappa shape index (κ3) is 4.74. The minimum absolute atomic E-state index is 0.517. The fourth-order valence-electron chi connectivity index (χ4n) is 2.84. The summed E-state index contributed by atoms with van der Waals surface area (Å²) >= 11 is 2.05. The highest BCUT2D eigenvalue weighted by Crippen LogP contribution is 2.31. The number of ether oxygens (including phenoxy) is 1. The SMILES string of the molecule is C[Si](C)(C)CCOCNc1cc(C2CCSCC2)nc2ccnn12. The molecule has 0 amide bonds. The predicted octanol–water partition coefficient (Wildman–Crippen LogP) is 4.06. The van der Waals surface area contributed by atoms with E-state index in [1.165, 1.54) is 36.1 Å². The van der Waals surface area contributed by atoms with Crippen LogP contribution in [-0.2, 0) is 4.74 Å². The molecule has 0 saturated carbocycles. The van der Waals surface area contributed by atoms with Crippen LogP contribution >= 0.6 is 11.8 Å². The summed E-state index contributed by atoms with van der Waals surface area (Å²) in [5, 5.41) is 7.77. The van der Waals surface area contributed by atoms with Gasteiger partial charge < -0.3 is 10.1 Å². The van der Waals surface area contributed by atoms with Gasteiger partial charge in [0.05, 0.1) is 6.20 Å². The Labute approximate surface area is 149 Å². The summed E-state index contributed by atoms with van der Waals surface area (Å²) in [6.45, 7) is 8.45. The molecule has 3 heterocycles. The van der Waals surface area contributed by atoms with Crippen LogP contribution in [0.15, 0.2) is 18.3 Å². The Morgan fingerprint density at radius 2 is 2.12 bits per heavy atom. The Bertz CT molecular complexity index is 664. The molecule has 24 heavy (non-hydrogen) atoms. The van der Waals surface area contributed by atoms with E-state index in [1.807, 2.05) is 22.3 Å². The zero-order valence-corrected chi connectivity index (χ0v) is 16.7. The maximum Gasteiger partial charge on any atom is 0.157 e. The lowest BCUT2D eigenvalue weighted by atomic mass is 9.98. The maximum atomic E-state index is 5.78. The minimum atomic E-state index is -1.03. The van der Waals surface area contributed by atoms with Crippen molar-refractivity contribution >= 4 is 31.3 Å². The molecule has 0 aromatic carbocycles. The van der Waals surface area contributed by atoms with E-state index in [1.54, 1.807) is 6.20 Å². The number of anilines is 1. The van der Waals surface area contributed by atoms with Crippen molar-refractivity contribution in [3.05, 3.63) is 24.0 Å². The highest BCUT2D eigenvalue weighted by Gasteiger charge is 2.19. The van der Waals surface area contributed by atoms with E-state index in [0.29, 0.717) is 12.6 Å². The van der Waals surface area contributed by atoms with Crippen LogP contribution < -0.4 is 5.32 Å². The molecule has 0 spiro atoms. The number of nitrogens with zero attached hydrogens (tertiary/aromatic N) is 3. The predicted molar refractivity (Wildman–Crippen MR) is 105 cm³/mol. The molecule has 0 bridgehead atoms. The summed E-state index contributed by atoms with van der Waals surface area (Å²) in [6.07, 6.45) is 4.24. The lowest BCUT2D eigenvalue weighted by molar-refractivity contribution is 0.165. The van der Waals surface area contributed by atoms with E-state index >= 15 is 0 Å². The molecule has 3 rings (SSSR count). The van der Waals surface area contributed by atoms with Crippen molar-refractivity contribution in [2.75, 3.05) is 30.2 Å². The number of rotatable bonds is 7. The second-order valence-corrected chi connectivity index (χ2v) is 14.4. The number of thioether (sulfide) groups is 1. The average molecular weight is 365 g/mol. The summed E-state index contributed by atoms with van der Waals surface area (Å²) in [5.74, 6) is 4.02. The van der Waals surface area contributed by atoms with Crippen molar-refractivity contribution in [1.82, 2.24) is 14.6 Å². The lowest BCUT2D eigenvalue weighted by Crippen LogP contribution is -2.22. The molecule has 132 valence electrons. The van der Waals surface area contributed by atoms with Crippen molar-refractivity contribution in [3.63, 3.8) is 0 Å². The molecule has 7 heteroatoms. The van der Waals surface area contributed by atoms with Gasteiger partial charge in [-0.15, -0.1) is 0 Å². The standard InChI is InChI=1S/C17H28N4OSSi/c1-24(2,3)11-8-22-13-18-17-12-15(14-5-9-23-10-6-14)20-16-4-7-19-21(16)17/h4,7,12,14,18H,5-6,8-11,13H2,1-3H3. The van der Waals surface area contributed by atoms with Crippen molar-refractivity contribution in [1.29, 1.82) is 0 Å². The number of hydrogen-bond acceptors (Lipinski definition) is 5. The van der Waals surface area contributed by atoms with Crippen molar-refractivity contribution in [2.45, 2.75) is 44.4 Å². The summed E-state index contributed by atoms with van der Waals surface area (Å²) < 4.78 is 7.65. The van der Waals surface area contributed by atoms with Crippen LogP contribution in [-0.4, -0.2) is 47.5 Å². The molecule has 1 aliphatic rings. The van der Waals surface area contributed by atoms with Gasteiger partial charge in [-0.1, -0.05) is 19.6 Å². The zero-order chi connectivity index (χ0) is 17.0. The molecule has 1 fully saturated rings. The quantitative estimate of drug-likeness (QED) is 0.456. The van der Waals surface area contributed by atoms with E-state index in [0.717, 1.165) is 18.1 Å². The number of fused-ring (bicyclic) bond motifs is 1. The molecule has 0 aliphatic carbocycles. The van der Waals surface area contributed by atoms with E-state index in [-0.39, 0.29) is 0 Å². The molecular weight excluding hydrogens is 336 g/mol. The molecule has 0 atom stereocenters. The molecule has 1 aliphatic heterocycles. The van der Waals surface area contributed by atoms with Crippen molar-refractivity contribution < 1.29 is 4.74 Å². The van der Waals surface area contributed by atoms with Gasteiger partial charge in [0.1, 0.15) is 12.5 Å². The van der Waals surface area contributed by atoms with Gasteiger partial charge in [0, 0.05) is 38.4 Å². The summed E-state index contributed by atoms with van der Waals surface area (Å²) in [7, 11) is -1.03. The third-order valence-electron chi connectivity index (χ3n) is 4.37. The van der Waals surface area contributed by atoms with Crippen LogP contribution in [0.4, 0.5) is 5.82 Å². The Morgan fingerprint density at radius 3 is 2.88 bits per heavy atom. The van der Waals surface area contributed by atoms with Crippen LogP contribution in [0.1, 0.15) is 24.5 Å². The van der Waals surface area contributed by atoms with Crippen LogP contribution in [0.2, 0.25) is 25.7 Å². The van der Waals surface area contributed by atoms with Gasteiger partial charge in [0.2, 0.25) is 0 Å². The van der Waals surface area contributed by atoms with Gasteiger partial charge in [-0.2, -0.15) is 21.4 Å². The van der Waals surface area contributed by atoms with Gasteiger partial charge in [0.15, 0.2) is 5.65 Å². The molecule has 2 aromatic heterocycles. The zero-order valence-electron chi connectivity index (χ0n) is 14.9. The lowest BCUT2D eigenvalue weighted by Gasteiger charge is -2.22. The van der Waals surface area contributed by atoms with Gasteiger partial charge in [0.25, 0.3) is 0 Å². The summed E-state index contributed by atoms with van der Waals surface area (Å²) in [6, 6.07) is 5.31. The molecule has 2 aromatic rings. The normalized spacial score (nSPS) is 16.6. The summed E-state index contributed by atoms with van der Waals surface area (Å²) in [4.78, 5) is 4.81. The van der Waals surface area contributed by atoms with Crippen LogP contribution in [0.3, 0.4) is 0 Å². The summed E-state index contributed by atoms with van der Waals surface area (Å²) in [5.41, 5.74) is 2.10. The monoisotopic (exact) mass is 364 g/mol. The second-order valence-electron chi connectivity index (χ2n) is 7.59. The number of aromatic nitrogens is 3. The topological polar surface area (TPSA) is 51.5 Å². The fraction of sp³-hybridized carbons (Fsp3) is 0.647. The van der Waals surface area contributed by atoms with Gasteiger partial charge in [-0.25, -0.2) is 4.98 Å². The van der Waals surface area contributed by atoms with E-state index < -0.39 is 8.07 Å². The Morgan fingerprint density at radius 1 is 1.33 bits per heavy atom. The Hall–Kier alpha value is -1.05. The first-order chi connectivity index (χ1) is 11.5. The first-order valence-corrected chi connectivity index (χ1v) is 13.6. The van der Waals surface area contributed by atoms with Crippen molar-refractivity contribution in [3.8, 4) is 0 Å². The van der Waals surface area contributed by atoms with Gasteiger partial charge in [-0.05, 0) is 30.4 Å². The average Bonchev–Trinajstić information content (AvgIpc) is 3.03. The largest absolute Gasteiger partial charge is 0.362 e. The van der Waals surface area contributed by atoms with E-state index in [9.17, 15) is 0 Å². The molecular formula is C17H28N4OSSi. The third-order valence-corrected chi connectivity index (χ3v) is 7.12. The molecule has 0 unspecified atom stereocenters. The second kappa shape index (κ2) is 7.88.